The van der Waals surface area contributed by atoms with E-state index >= 15 is 0 Å². The zero-order chi connectivity index (χ0) is 8.97. The van der Waals surface area contributed by atoms with Crippen LogP contribution in [0.4, 0.5) is 0 Å². The molecule has 1 heterocycles. The zero-order valence-corrected chi connectivity index (χ0v) is 6.11. The van der Waals surface area contributed by atoms with Crippen molar-refractivity contribution in [3.63, 3.8) is 0 Å². The van der Waals surface area contributed by atoms with E-state index < -0.39 is 11.1 Å². The van der Waals surface area contributed by atoms with Crippen molar-refractivity contribution in [2.45, 2.75) is 13.0 Å². The average Bonchev–Trinajstić information content (AvgIpc) is 2.08. The Balaban J connectivity index is 3.00. The number of carbonyl (C=O) groups excluding carboxylic acids is 1. The number of carbonyl (C=O) groups is 1. The van der Waals surface area contributed by atoms with Crippen LogP contribution in [0.2, 0.25) is 0 Å². The molecule has 0 fully saturated rings. The lowest BCUT2D eigenvalue weighted by Crippen LogP contribution is -2.37. The molecule has 1 rings (SSSR count). The van der Waals surface area contributed by atoms with Gasteiger partial charge in [-0.2, -0.15) is 0 Å². The monoisotopic (exact) mass is 168 g/mol. The molecule has 0 aliphatic rings. The predicted molar refractivity (Wildman–Crippen MR) is 38.6 cm³/mol. The molecule has 6 nitrogen and oxygen atoms in total. The molecule has 6 heteroatoms. The van der Waals surface area contributed by atoms with Gasteiger partial charge in [0, 0.05) is 6.42 Å². The first-order chi connectivity index (χ1) is 5.75. The number of aldehydes is 1. The topological polar surface area (TPSA) is 84.8 Å². The molecule has 12 heavy (non-hydrogen) atoms. The van der Waals surface area contributed by atoms with Crippen LogP contribution in [-0.2, 0) is 11.3 Å². The molecule has 1 radical (unpaired) electrons. The summed E-state index contributed by atoms with van der Waals surface area (Å²) in [5, 5.41) is 3.44. The second-order valence-corrected chi connectivity index (χ2v) is 2.05. The molecule has 63 valence electrons. The van der Waals surface area contributed by atoms with Gasteiger partial charge in [-0.15, -0.1) is 5.10 Å². The molecule has 1 aromatic heterocycles. The van der Waals surface area contributed by atoms with E-state index in [9.17, 15) is 14.4 Å². The quantitative estimate of drug-likeness (QED) is 0.431. The molecule has 0 bridgehead atoms. The van der Waals surface area contributed by atoms with Crippen LogP contribution >= 0.6 is 0 Å². The molecule has 0 saturated carbocycles. The van der Waals surface area contributed by atoms with Gasteiger partial charge in [0.15, 0.2) is 6.33 Å². The van der Waals surface area contributed by atoms with Crippen LogP contribution in [0.3, 0.4) is 0 Å². The highest BCUT2D eigenvalue weighted by Crippen LogP contribution is 1.74. The maximum absolute atomic E-state index is 10.9. The summed E-state index contributed by atoms with van der Waals surface area (Å²) in [7, 11) is 0. The number of nitrogens with one attached hydrogen (secondary N) is 1. The SMILES string of the molecule is O=CCCn1n[c][nH]c(=O)c1=O. The predicted octanol–water partition coefficient (Wildman–Crippen LogP) is -1.68. The lowest BCUT2D eigenvalue weighted by molar-refractivity contribution is -0.108. The third-order valence-corrected chi connectivity index (χ3v) is 1.23. The van der Waals surface area contributed by atoms with Crippen LogP contribution in [0.25, 0.3) is 0 Å². The maximum Gasteiger partial charge on any atom is 0.332 e. The first kappa shape index (κ1) is 8.38. The number of aromatic amines is 1. The van der Waals surface area contributed by atoms with Gasteiger partial charge >= 0.3 is 11.1 Å². The summed E-state index contributed by atoms with van der Waals surface area (Å²) < 4.78 is 0.896. The van der Waals surface area contributed by atoms with Gasteiger partial charge < -0.3 is 4.79 Å². The Hall–Kier alpha value is -1.72. The molecule has 0 aliphatic carbocycles. The summed E-state index contributed by atoms with van der Waals surface area (Å²) in [5.41, 5.74) is -1.55. The summed E-state index contributed by atoms with van der Waals surface area (Å²) in [4.78, 5) is 33.5. The Bertz CT molecular complexity index is 378. The van der Waals surface area contributed by atoms with Crippen molar-refractivity contribution in [3.8, 4) is 0 Å². The molecular weight excluding hydrogens is 162 g/mol. The van der Waals surface area contributed by atoms with Crippen molar-refractivity contribution in [2.24, 2.45) is 0 Å². The smallest absolute Gasteiger partial charge is 0.303 e. The number of aryl methyl sites for hydroxylation is 1. The number of aromatic nitrogens is 3. The highest BCUT2D eigenvalue weighted by atomic mass is 16.2. The molecule has 0 aromatic carbocycles. The first-order valence-electron chi connectivity index (χ1n) is 3.27. The second kappa shape index (κ2) is 3.61. The van der Waals surface area contributed by atoms with Gasteiger partial charge in [-0.05, 0) is 0 Å². The van der Waals surface area contributed by atoms with Crippen LogP contribution in [0.15, 0.2) is 9.59 Å². The van der Waals surface area contributed by atoms with Crippen molar-refractivity contribution < 1.29 is 4.79 Å². The fraction of sp³-hybridized carbons (Fsp3) is 0.333. The largest absolute Gasteiger partial charge is 0.332 e. The van der Waals surface area contributed by atoms with Crippen molar-refractivity contribution in [1.82, 2.24) is 14.8 Å². The van der Waals surface area contributed by atoms with E-state index in [4.69, 9.17) is 0 Å². The fourth-order valence-electron chi connectivity index (χ4n) is 0.679. The fourth-order valence-corrected chi connectivity index (χ4v) is 0.679. The number of rotatable bonds is 3. The minimum atomic E-state index is -0.782. The van der Waals surface area contributed by atoms with E-state index in [-0.39, 0.29) is 13.0 Å². The van der Waals surface area contributed by atoms with E-state index in [1.54, 1.807) is 0 Å². The Morgan fingerprint density at radius 3 is 3.00 bits per heavy atom. The summed E-state index contributed by atoms with van der Waals surface area (Å²) in [6.07, 6.45) is 2.94. The van der Waals surface area contributed by atoms with Crippen LogP contribution in [-0.4, -0.2) is 21.1 Å². The van der Waals surface area contributed by atoms with Crippen LogP contribution in [0.1, 0.15) is 6.42 Å². The number of hydrogen-bond acceptors (Lipinski definition) is 4. The first-order valence-corrected chi connectivity index (χ1v) is 3.27. The van der Waals surface area contributed by atoms with Crippen LogP contribution in [0.5, 0.6) is 0 Å². The summed E-state index contributed by atoms with van der Waals surface area (Å²) in [5.74, 6) is 0. The molecule has 0 saturated heterocycles. The average molecular weight is 168 g/mol. The molecular formula is C6H6N3O3. The van der Waals surface area contributed by atoms with Gasteiger partial charge in [-0.25, -0.2) is 4.68 Å². The highest BCUT2D eigenvalue weighted by molar-refractivity contribution is 5.48. The minimum Gasteiger partial charge on any atom is -0.303 e. The second-order valence-electron chi connectivity index (χ2n) is 2.05. The Morgan fingerprint density at radius 1 is 1.58 bits per heavy atom. The van der Waals surface area contributed by atoms with E-state index in [1.165, 1.54) is 0 Å². The van der Waals surface area contributed by atoms with Crippen LogP contribution < -0.4 is 11.1 Å². The third-order valence-electron chi connectivity index (χ3n) is 1.23. The summed E-state index contributed by atoms with van der Waals surface area (Å²) >= 11 is 0. The van der Waals surface area contributed by atoms with Crippen molar-refractivity contribution in [1.29, 1.82) is 0 Å². The van der Waals surface area contributed by atoms with Gasteiger partial charge in [-0.1, -0.05) is 0 Å². The van der Waals surface area contributed by atoms with Crippen molar-refractivity contribution >= 4 is 6.29 Å². The molecule has 1 aromatic rings. The summed E-state index contributed by atoms with van der Waals surface area (Å²) in [6.45, 7) is 0.114. The number of H-pyrrole nitrogens is 1. The van der Waals surface area contributed by atoms with Crippen LogP contribution in [0, 0.1) is 6.33 Å². The molecule has 0 aliphatic heterocycles. The maximum atomic E-state index is 10.9. The molecule has 0 amide bonds. The normalized spacial score (nSPS) is 9.67. The third kappa shape index (κ3) is 1.66. The van der Waals surface area contributed by atoms with E-state index in [1.807, 2.05) is 4.98 Å². The van der Waals surface area contributed by atoms with E-state index in [2.05, 4.69) is 11.4 Å². The minimum absolute atomic E-state index is 0.114. The van der Waals surface area contributed by atoms with Gasteiger partial charge in [-0.3, -0.25) is 14.6 Å². The zero-order valence-electron chi connectivity index (χ0n) is 6.11. The van der Waals surface area contributed by atoms with Gasteiger partial charge in [0.05, 0.1) is 6.54 Å². The van der Waals surface area contributed by atoms with Gasteiger partial charge in [0.25, 0.3) is 0 Å². The molecule has 0 spiro atoms. The molecule has 0 unspecified atom stereocenters. The van der Waals surface area contributed by atoms with Crippen molar-refractivity contribution in [3.05, 3.63) is 27.0 Å². The number of nitrogens with zero attached hydrogens (tertiary/aromatic N) is 2. The van der Waals surface area contributed by atoms with E-state index in [0.717, 1.165) is 4.68 Å². The molecule has 0 atom stereocenters. The standard InChI is InChI=1S/C6H6N3O3/c10-3-1-2-9-6(12)5(11)7-4-8-9/h3H,1-2H2,(H,7,8,11). The van der Waals surface area contributed by atoms with Gasteiger partial charge in [0.2, 0.25) is 0 Å². The van der Waals surface area contributed by atoms with Gasteiger partial charge in [0.1, 0.15) is 6.29 Å². The Labute approximate surface area is 66.8 Å². The highest BCUT2D eigenvalue weighted by Gasteiger charge is 1.99. The summed E-state index contributed by atoms with van der Waals surface area (Å²) in [6, 6.07) is 0. The van der Waals surface area contributed by atoms with E-state index in [0.29, 0.717) is 6.29 Å². The Kier molecular flexibility index (Phi) is 2.52. The molecule has 1 N–H and O–H groups in total. The lowest BCUT2D eigenvalue weighted by Gasteiger charge is -1.96. The Morgan fingerprint density at radius 2 is 2.33 bits per heavy atom. The number of hydrogen-bond donors (Lipinski definition) is 1. The van der Waals surface area contributed by atoms with Crippen molar-refractivity contribution in [2.75, 3.05) is 0 Å². The lowest BCUT2D eigenvalue weighted by atomic mass is 10.5.